The maximum absolute atomic E-state index is 14.6. The van der Waals surface area contributed by atoms with Gasteiger partial charge in [-0.05, 0) is 57.8 Å². The Morgan fingerprint density at radius 1 is 0.643 bits per heavy atom. The standard InChI is InChI=1S/C35H62N2O5/c1-4-35(26-40-2,27-42-25-32(38)36(28-17-9-5-10-18-28)29-19-11-6-12-20-29)33(41-3)34(39)37(30-21-13-7-14-22-30)31-23-15-8-16-24-31/h28-31,33H,4-27H2,1-3H3. The fourth-order valence-electron chi connectivity index (χ4n) is 8.83. The Labute approximate surface area is 256 Å². The molecule has 4 saturated carbocycles. The molecule has 4 rings (SSSR count). The van der Waals surface area contributed by atoms with E-state index in [0.717, 1.165) is 51.4 Å². The molecule has 0 aromatic rings. The normalized spacial score (nSPS) is 24.2. The molecule has 7 heteroatoms. The summed E-state index contributed by atoms with van der Waals surface area (Å²) in [4.78, 5) is 32.9. The lowest BCUT2D eigenvalue weighted by molar-refractivity contribution is -0.169. The quantitative estimate of drug-likeness (QED) is 0.217. The van der Waals surface area contributed by atoms with Gasteiger partial charge in [0.05, 0.1) is 18.6 Å². The fourth-order valence-corrected chi connectivity index (χ4v) is 8.83. The number of rotatable bonds is 14. The molecule has 7 nitrogen and oxygen atoms in total. The van der Waals surface area contributed by atoms with Gasteiger partial charge in [-0.2, -0.15) is 0 Å². The van der Waals surface area contributed by atoms with Crippen molar-refractivity contribution in [3.05, 3.63) is 0 Å². The van der Waals surface area contributed by atoms with Gasteiger partial charge in [0.1, 0.15) is 12.7 Å². The number of amides is 2. The van der Waals surface area contributed by atoms with Crippen LogP contribution in [-0.2, 0) is 23.8 Å². The highest BCUT2D eigenvalue weighted by Gasteiger charge is 2.47. The number of ether oxygens (including phenoxy) is 3. The van der Waals surface area contributed by atoms with E-state index in [4.69, 9.17) is 14.2 Å². The predicted molar refractivity (Wildman–Crippen MR) is 167 cm³/mol. The Balaban J connectivity index is 1.48. The summed E-state index contributed by atoms with van der Waals surface area (Å²) in [7, 11) is 3.36. The Hall–Kier alpha value is -1.18. The highest BCUT2D eigenvalue weighted by molar-refractivity contribution is 5.83. The van der Waals surface area contributed by atoms with E-state index in [9.17, 15) is 9.59 Å². The Kier molecular flexibility index (Phi) is 13.9. The number of carbonyl (C=O) groups excluding carboxylic acids is 2. The van der Waals surface area contributed by atoms with Crippen LogP contribution in [-0.4, -0.2) is 85.9 Å². The lowest BCUT2D eigenvalue weighted by Crippen LogP contribution is -2.58. The summed E-state index contributed by atoms with van der Waals surface area (Å²) in [5.74, 6) is 0.235. The van der Waals surface area contributed by atoms with Crippen LogP contribution in [0.4, 0.5) is 0 Å². The third kappa shape index (κ3) is 8.50. The summed E-state index contributed by atoms with van der Waals surface area (Å²) in [6, 6.07) is 1.29. The number of hydrogen-bond donors (Lipinski definition) is 0. The molecular formula is C35H62N2O5. The Morgan fingerprint density at radius 3 is 1.40 bits per heavy atom. The summed E-state index contributed by atoms with van der Waals surface area (Å²) in [6.45, 7) is 2.81. The van der Waals surface area contributed by atoms with Crippen LogP contribution in [0.25, 0.3) is 0 Å². The van der Waals surface area contributed by atoms with Crippen molar-refractivity contribution >= 4 is 11.8 Å². The van der Waals surface area contributed by atoms with Crippen molar-refractivity contribution < 1.29 is 23.8 Å². The second-order valence-electron chi connectivity index (χ2n) is 14.0. The second kappa shape index (κ2) is 17.3. The third-order valence-electron chi connectivity index (χ3n) is 11.2. The zero-order chi connectivity index (χ0) is 29.8. The molecule has 4 aliphatic carbocycles. The Bertz CT molecular complexity index is 763. The van der Waals surface area contributed by atoms with Crippen molar-refractivity contribution in [2.75, 3.05) is 34.0 Å². The number of hydrogen-bond acceptors (Lipinski definition) is 5. The first-order chi connectivity index (χ1) is 20.5. The van der Waals surface area contributed by atoms with E-state index >= 15 is 0 Å². The smallest absolute Gasteiger partial charge is 0.252 e. The molecule has 4 fully saturated rings. The van der Waals surface area contributed by atoms with Crippen LogP contribution in [0.5, 0.6) is 0 Å². The molecule has 0 radical (unpaired) electrons. The average molecular weight is 591 g/mol. The van der Waals surface area contributed by atoms with Crippen LogP contribution >= 0.6 is 0 Å². The summed E-state index contributed by atoms with van der Waals surface area (Å²) in [6.07, 6.45) is 23.5. The van der Waals surface area contributed by atoms with Crippen molar-refractivity contribution in [1.82, 2.24) is 9.80 Å². The van der Waals surface area contributed by atoms with Crippen LogP contribution in [0.1, 0.15) is 142 Å². The first-order valence-electron chi connectivity index (χ1n) is 17.8. The highest BCUT2D eigenvalue weighted by Crippen LogP contribution is 2.37. The van der Waals surface area contributed by atoms with E-state index in [1.165, 1.54) is 77.0 Å². The van der Waals surface area contributed by atoms with E-state index in [-0.39, 0.29) is 25.0 Å². The van der Waals surface area contributed by atoms with Gasteiger partial charge in [0.2, 0.25) is 5.91 Å². The van der Waals surface area contributed by atoms with Gasteiger partial charge in [0.15, 0.2) is 0 Å². The molecule has 42 heavy (non-hydrogen) atoms. The number of methoxy groups -OCH3 is 2. The van der Waals surface area contributed by atoms with E-state index in [0.29, 0.717) is 37.2 Å². The minimum atomic E-state index is -0.658. The molecule has 0 saturated heterocycles. The van der Waals surface area contributed by atoms with Gasteiger partial charge in [0.25, 0.3) is 5.91 Å². The van der Waals surface area contributed by atoms with Crippen LogP contribution < -0.4 is 0 Å². The molecule has 0 aromatic carbocycles. The molecule has 4 aliphatic rings. The lowest BCUT2D eigenvalue weighted by Gasteiger charge is -2.46. The summed E-state index contributed by atoms with van der Waals surface area (Å²) < 4.78 is 18.3. The minimum absolute atomic E-state index is 0.0675. The monoisotopic (exact) mass is 590 g/mol. The van der Waals surface area contributed by atoms with Gasteiger partial charge in [0, 0.05) is 38.4 Å². The molecule has 0 spiro atoms. The molecule has 0 aromatic heterocycles. The van der Waals surface area contributed by atoms with Gasteiger partial charge in [-0.15, -0.1) is 0 Å². The first kappa shape index (κ1) is 33.7. The van der Waals surface area contributed by atoms with Gasteiger partial charge in [-0.25, -0.2) is 0 Å². The van der Waals surface area contributed by atoms with Crippen LogP contribution in [0.2, 0.25) is 0 Å². The summed E-state index contributed by atoms with van der Waals surface area (Å²) in [5.41, 5.74) is -0.650. The van der Waals surface area contributed by atoms with Crippen molar-refractivity contribution in [3.8, 4) is 0 Å². The average Bonchev–Trinajstić information content (AvgIpc) is 3.03. The highest BCUT2D eigenvalue weighted by atomic mass is 16.5. The van der Waals surface area contributed by atoms with Gasteiger partial charge in [-0.3, -0.25) is 9.59 Å². The molecule has 2 atom stereocenters. The molecule has 0 heterocycles. The molecular weight excluding hydrogens is 528 g/mol. The number of nitrogens with zero attached hydrogens (tertiary/aromatic N) is 2. The second-order valence-corrected chi connectivity index (χ2v) is 14.0. The largest absolute Gasteiger partial charge is 0.384 e. The van der Waals surface area contributed by atoms with Crippen LogP contribution in [0, 0.1) is 5.41 Å². The van der Waals surface area contributed by atoms with E-state index in [1.54, 1.807) is 14.2 Å². The van der Waals surface area contributed by atoms with Gasteiger partial charge in [-0.1, -0.05) is 84.0 Å². The number of carbonyl (C=O) groups is 2. The van der Waals surface area contributed by atoms with Crippen molar-refractivity contribution in [1.29, 1.82) is 0 Å². The van der Waals surface area contributed by atoms with Gasteiger partial charge < -0.3 is 24.0 Å². The summed E-state index contributed by atoms with van der Waals surface area (Å²) >= 11 is 0. The van der Waals surface area contributed by atoms with Crippen molar-refractivity contribution in [2.24, 2.45) is 5.41 Å². The van der Waals surface area contributed by atoms with E-state index < -0.39 is 11.5 Å². The van der Waals surface area contributed by atoms with Crippen LogP contribution in [0.15, 0.2) is 0 Å². The zero-order valence-corrected chi connectivity index (χ0v) is 27.3. The summed E-state index contributed by atoms with van der Waals surface area (Å²) in [5, 5.41) is 0. The predicted octanol–water partition coefficient (Wildman–Crippen LogP) is 7.05. The molecule has 2 unspecified atom stereocenters. The van der Waals surface area contributed by atoms with Crippen LogP contribution in [0.3, 0.4) is 0 Å². The molecule has 242 valence electrons. The zero-order valence-electron chi connectivity index (χ0n) is 27.3. The topological polar surface area (TPSA) is 68.3 Å². The minimum Gasteiger partial charge on any atom is -0.384 e. The third-order valence-corrected chi connectivity index (χ3v) is 11.2. The Morgan fingerprint density at radius 2 is 1.05 bits per heavy atom. The molecule has 2 amide bonds. The SMILES string of the molecule is CCC(COC)(COCC(=O)N(C1CCCCC1)C1CCCCC1)C(OC)C(=O)N(C1CCCCC1)C1CCCCC1. The van der Waals surface area contributed by atoms with E-state index in [2.05, 4.69) is 16.7 Å². The van der Waals surface area contributed by atoms with E-state index in [1.807, 2.05) is 0 Å². The maximum Gasteiger partial charge on any atom is 0.252 e. The molecule has 0 bridgehead atoms. The fraction of sp³-hybridized carbons (Fsp3) is 0.943. The first-order valence-corrected chi connectivity index (χ1v) is 17.8. The molecule has 0 N–H and O–H groups in total. The maximum atomic E-state index is 14.6. The molecule has 0 aliphatic heterocycles. The lowest BCUT2D eigenvalue weighted by atomic mass is 9.78. The van der Waals surface area contributed by atoms with Gasteiger partial charge >= 0.3 is 0 Å². The van der Waals surface area contributed by atoms with Crippen molar-refractivity contribution in [2.45, 2.75) is 172 Å². The van der Waals surface area contributed by atoms with Crippen molar-refractivity contribution in [3.63, 3.8) is 0 Å².